The van der Waals surface area contributed by atoms with Crippen molar-refractivity contribution in [2.24, 2.45) is 5.92 Å². The summed E-state index contributed by atoms with van der Waals surface area (Å²) in [7, 11) is 0. The zero-order chi connectivity index (χ0) is 19.7. The molecule has 4 heteroatoms. The van der Waals surface area contributed by atoms with E-state index in [2.05, 4.69) is 56.1 Å². The fourth-order valence-electron chi connectivity index (χ4n) is 3.74. The number of hydrogen-bond acceptors (Lipinski definition) is 3. The van der Waals surface area contributed by atoms with Crippen LogP contribution < -0.4 is 0 Å². The van der Waals surface area contributed by atoms with Crippen molar-refractivity contribution < 1.29 is 4.79 Å². The van der Waals surface area contributed by atoms with Crippen LogP contribution in [-0.2, 0) is 0 Å². The predicted octanol–water partition coefficient (Wildman–Crippen LogP) is 6.48. The third-order valence-corrected chi connectivity index (χ3v) is 6.92. The first-order valence-corrected chi connectivity index (χ1v) is 10.8. The van der Waals surface area contributed by atoms with Crippen molar-refractivity contribution in [3.8, 4) is 5.69 Å². The molecule has 0 radical (unpaired) electrons. The van der Waals surface area contributed by atoms with Crippen LogP contribution in [0.3, 0.4) is 0 Å². The highest BCUT2D eigenvalue weighted by molar-refractivity contribution is 7.15. The fourth-order valence-corrected chi connectivity index (χ4v) is 4.90. The Labute approximate surface area is 170 Å². The van der Waals surface area contributed by atoms with Crippen LogP contribution in [0.5, 0.6) is 0 Å². The van der Waals surface area contributed by atoms with Gasteiger partial charge in [0.2, 0.25) is 0 Å². The third kappa shape index (κ3) is 3.61. The van der Waals surface area contributed by atoms with Gasteiger partial charge in [0.25, 0.3) is 0 Å². The Hall–Kier alpha value is -2.46. The van der Waals surface area contributed by atoms with Crippen LogP contribution in [0.4, 0.5) is 0 Å². The Kier molecular flexibility index (Phi) is 5.31. The normalized spacial score (nSPS) is 14.9. The van der Waals surface area contributed by atoms with E-state index in [1.165, 1.54) is 33.6 Å². The second-order valence-electron chi connectivity index (χ2n) is 7.64. The number of carbonyl (C=O) groups excluding carboxylic acids is 1. The number of aromatic nitrogens is 2. The first-order chi connectivity index (χ1) is 13.6. The Morgan fingerprint density at radius 1 is 1.25 bits per heavy atom. The van der Waals surface area contributed by atoms with E-state index in [-0.39, 0.29) is 5.92 Å². The van der Waals surface area contributed by atoms with Crippen molar-refractivity contribution in [2.45, 2.75) is 46.5 Å². The SMILES string of the molecule is CC/C(=C\c1sc(C(=O)C2CCC2)cc1C)c1ccc(-n2ccnc2)cc1C. The average molecular weight is 391 g/mol. The molecule has 0 spiro atoms. The quantitative estimate of drug-likeness (QED) is 0.451. The number of ketones is 1. The van der Waals surface area contributed by atoms with Gasteiger partial charge in [-0.2, -0.15) is 0 Å². The van der Waals surface area contributed by atoms with Gasteiger partial charge in [-0.05, 0) is 79.6 Å². The molecular formula is C24H26N2OS. The van der Waals surface area contributed by atoms with Gasteiger partial charge in [-0.25, -0.2) is 4.98 Å². The number of imidazole rings is 1. The number of hydrogen-bond donors (Lipinski definition) is 0. The maximum Gasteiger partial charge on any atom is 0.175 e. The van der Waals surface area contributed by atoms with Crippen molar-refractivity contribution in [2.75, 3.05) is 0 Å². The maximum atomic E-state index is 12.6. The fraction of sp³-hybridized carbons (Fsp3) is 0.333. The number of aryl methyl sites for hydroxylation is 2. The first kappa shape index (κ1) is 18.9. The summed E-state index contributed by atoms with van der Waals surface area (Å²) in [6.45, 7) is 6.46. The zero-order valence-electron chi connectivity index (χ0n) is 16.7. The van der Waals surface area contributed by atoms with Crippen molar-refractivity contribution in [3.63, 3.8) is 0 Å². The Morgan fingerprint density at radius 2 is 2.07 bits per heavy atom. The highest BCUT2D eigenvalue weighted by atomic mass is 32.1. The molecule has 1 aliphatic carbocycles. The molecule has 1 aliphatic rings. The monoisotopic (exact) mass is 390 g/mol. The second-order valence-corrected chi connectivity index (χ2v) is 8.73. The lowest BCUT2D eigenvalue weighted by Crippen LogP contribution is -2.20. The van der Waals surface area contributed by atoms with E-state index in [1.807, 2.05) is 17.1 Å². The molecule has 0 N–H and O–H groups in total. The topological polar surface area (TPSA) is 34.9 Å². The van der Waals surface area contributed by atoms with Crippen molar-refractivity contribution in [3.05, 3.63) is 69.4 Å². The second kappa shape index (κ2) is 7.88. The molecule has 0 bridgehead atoms. The standard InChI is InChI=1S/C24H26N2OS/c1-4-18(21-9-8-20(12-16(21)2)26-11-10-25-15-26)14-22-17(3)13-23(28-22)24(27)19-6-5-7-19/h8-15,19H,4-7H2,1-3H3/b18-14+. The van der Waals surface area contributed by atoms with Gasteiger partial charge in [-0.1, -0.05) is 19.4 Å². The van der Waals surface area contributed by atoms with Crippen LogP contribution in [0.15, 0.2) is 43.0 Å². The molecule has 1 fully saturated rings. The molecule has 0 saturated heterocycles. The molecule has 4 rings (SSSR count). The van der Waals surface area contributed by atoms with E-state index in [4.69, 9.17) is 0 Å². The van der Waals surface area contributed by atoms with Gasteiger partial charge in [-0.15, -0.1) is 11.3 Å². The largest absolute Gasteiger partial charge is 0.306 e. The number of Topliss-reactive ketones (excluding diaryl/α,β-unsaturated/α-hetero) is 1. The lowest BCUT2D eigenvalue weighted by Gasteiger charge is -2.22. The van der Waals surface area contributed by atoms with Crippen molar-refractivity contribution in [1.82, 2.24) is 9.55 Å². The number of nitrogens with zero attached hydrogens (tertiary/aromatic N) is 2. The van der Waals surface area contributed by atoms with Gasteiger partial charge in [-0.3, -0.25) is 4.79 Å². The number of carbonyl (C=O) groups is 1. The van der Waals surface area contributed by atoms with Crippen molar-refractivity contribution >= 4 is 28.8 Å². The van der Waals surface area contributed by atoms with E-state index >= 15 is 0 Å². The molecule has 144 valence electrons. The van der Waals surface area contributed by atoms with E-state index < -0.39 is 0 Å². The number of thiophene rings is 1. The van der Waals surface area contributed by atoms with Crippen molar-refractivity contribution in [1.29, 1.82) is 0 Å². The smallest absolute Gasteiger partial charge is 0.175 e. The lowest BCUT2D eigenvalue weighted by molar-refractivity contribution is 0.0859. The molecule has 1 aromatic carbocycles. The van der Waals surface area contributed by atoms with Gasteiger partial charge in [0.05, 0.1) is 11.2 Å². The zero-order valence-corrected chi connectivity index (χ0v) is 17.6. The van der Waals surface area contributed by atoms with Crippen LogP contribution in [-0.4, -0.2) is 15.3 Å². The van der Waals surface area contributed by atoms with Crippen LogP contribution in [0.2, 0.25) is 0 Å². The summed E-state index contributed by atoms with van der Waals surface area (Å²) in [5.74, 6) is 0.608. The summed E-state index contributed by atoms with van der Waals surface area (Å²) in [4.78, 5) is 18.9. The summed E-state index contributed by atoms with van der Waals surface area (Å²) in [6, 6.07) is 8.62. The highest BCUT2D eigenvalue weighted by Crippen LogP contribution is 2.35. The molecule has 2 aromatic heterocycles. The summed E-state index contributed by atoms with van der Waals surface area (Å²) in [6.07, 6.45) is 12.1. The summed E-state index contributed by atoms with van der Waals surface area (Å²) in [5.41, 5.74) is 6.15. The van der Waals surface area contributed by atoms with Gasteiger partial charge < -0.3 is 4.57 Å². The molecule has 0 unspecified atom stereocenters. The summed E-state index contributed by atoms with van der Waals surface area (Å²) in [5, 5.41) is 0. The molecule has 2 heterocycles. The lowest BCUT2D eigenvalue weighted by atomic mass is 9.82. The third-order valence-electron chi connectivity index (χ3n) is 5.72. The molecule has 0 aliphatic heterocycles. The molecule has 3 aromatic rings. The Balaban J connectivity index is 1.64. The highest BCUT2D eigenvalue weighted by Gasteiger charge is 2.27. The molecule has 0 amide bonds. The first-order valence-electron chi connectivity index (χ1n) is 10.0. The Bertz CT molecular complexity index is 1020. The van der Waals surface area contributed by atoms with Crippen LogP contribution in [0.1, 0.15) is 63.8 Å². The van der Waals surface area contributed by atoms with E-state index in [0.29, 0.717) is 5.78 Å². The molecule has 28 heavy (non-hydrogen) atoms. The molecular weight excluding hydrogens is 364 g/mol. The van der Waals surface area contributed by atoms with Crippen LogP contribution in [0, 0.1) is 19.8 Å². The number of allylic oxidation sites excluding steroid dienone is 1. The number of rotatable bonds is 6. The van der Waals surface area contributed by atoms with Gasteiger partial charge in [0.1, 0.15) is 0 Å². The average Bonchev–Trinajstić information content (AvgIpc) is 3.29. The molecule has 3 nitrogen and oxygen atoms in total. The van der Waals surface area contributed by atoms with Crippen LogP contribution >= 0.6 is 11.3 Å². The molecule has 1 saturated carbocycles. The predicted molar refractivity (Wildman–Crippen MR) is 117 cm³/mol. The summed E-state index contributed by atoms with van der Waals surface area (Å²) >= 11 is 1.65. The minimum Gasteiger partial charge on any atom is -0.306 e. The minimum atomic E-state index is 0.262. The van der Waals surface area contributed by atoms with Gasteiger partial charge in [0.15, 0.2) is 5.78 Å². The van der Waals surface area contributed by atoms with E-state index in [9.17, 15) is 4.79 Å². The van der Waals surface area contributed by atoms with Gasteiger partial charge >= 0.3 is 0 Å². The number of benzene rings is 1. The summed E-state index contributed by atoms with van der Waals surface area (Å²) < 4.78 is 2.02. The van der Waals surface area contributed by atoms with E-state index in [1.54, 1.807) is 17.5 Å². The maximum absolute atomic E-state index is 12.6. The Morgan fingerprint density at radius 3 is 2.68 bits per heavy atom. The van der Waals surface area contributed by atoms with Gasteiger partial charge in [0, 0.05) is 28.9 Å². The minimum absolute atomic E-state index is 0.262. The van der Waals surface area contributed by atoms with Crippen LogP contribution in [0.25, 0.3) is 17.3 Å². The molecule has 0 atom stereocenters. The van der Waals surface area contributed by atoms with E-state index in [0.717, 1.165) is 29.8 Å².